The van der Waals surface area contributed by atoms with E-state index in [4.69, 9.17) is 5.73 Å². The van der Waals surface area contributed by atoms with Crippen LogP contribution in [-0.2, 0) is 0 Å². The van der Waals surface area contributed by atoms with Gasteiger partial charge in [-0.15, -0.1) is 0 Å². The Balaban J connectivity index is 2.09. The molecule has 0 spiro atoms. The van der Waals surface area contributed by atoms with Crippen molar-refractivity contribution in [3.05, 3.63) is 0 Å². The standard InChI is InChI=1S/C14H30N2/c1-13(2,11-15)7-5-6-9-16-10-8-14(3,4)12-16/h5-12,15H2,1-4H3. The summed E-state index contributed by atoms with van der Waals surface area (Å²) < 4.78 is 0. The van der Waals surface area contributed by atoms with Gasteiger partial charge in [0.05, 0.1) is 0 Å². The summed E-state index contributed by atoms with van der Waals surface area (Å²) in [6.07, 6.45) is 5.28. The molecule has 16 heavy (non-hydrogen) atoms. The zero-order valence-electron chi connectivity index (χ0n) is 11.7. The average Bonchev–Trinajstić information content (AvgIpc) is 2.53. The smallest absolute Gasteiger partial charge is 0.00332 e. The minimum absolute atomic E-state index is 0.338. The Morgan fingerprint density at radius 2 is 1.94 bits per heavy atom. The molecule has 1 aliphatic rings. The number of hydrogen-bond donors (Lipinski definition) is 1. The van der Waals surface area contributed by atoms with Crippen LogP contribution < -0.4 is 5.73 Å². The van der Waals surface area contributed by atoms with Crippen molar-refractivity contribution in [2.75, 3.05) is 26.2 Å². The van der Waals surface area contributed by atoms with E-state index in [2.05, 4.69) is 32.6 Å². The first-order valence-corrected chi connectivity index (χ1v) is 6.77. The molecule has 0 aliphatic carbocycles. The molecule has 1 aliphatic heterocycles. The third-order valence-corrected chi connectivity index (χ3v) is 3.89. The Morgan fingerprint density at radius 1 is 1.25 bits per heavy atom. The fraction of sp³-hybridized carbons (Fsp3) is 1.00. The quantitative estimate of drug-likeness (QED) is 0.706. The first-order valence-electron chi connectivity index (χ1n) is 6.77. The van der Waals surface area contributed by atoms with E-state index in [1.54, 1.807) is 0 Å². The summed E-state index contributed by atoms with van der Waals surface area (Å²) >= 11 is 0. The lowest BCUT2D eigenvalue weighted by atomic mass is 9.87. The number of rotatable bonds is 6. The Morgan fingerprint density at radius 3 is 2.44 bits per heavy atom. The van der Waals surface area contributed by atoms with E-state index in [0.29, 0.717) is 10.8 Å². The summed E-state index contributed by atoms with van der Waals surface area (Å²) in [5.41, 5.74) is 6.63. The van der Waals surface area contributed by atoms with E-state index in [0.717, 1.165) is 6.54 Å². The van der Waals surface area contributed by atoms with Crippen LogP contribution >= 0.6 is 0 Å². The maximum atomic E-state index is 5.74. The van der Waals surface area contributed by atoms with E-state index >= 15 is 0 Å². The van der Waals surface area contributed by atoms with Crippen molar-refractivity contribution < 1.29 is 0 Å². The molecule has 0 aromatic rings. The van der Waals surface area contributed by atoms with Gasteiger partial charge in [0.15, 0.2) is 0 Å². The predicted octanol–water partition coefficient (Wildman–Crippen LogP) is 2.87. The third kappa shape index (κ3) is 4.84. The van der Waals surface area contributed by atoms with Crippen molar-refractivity contribution in [2.45, 2.75) is 53.4 Å². The molecule has 2 heteroatoms. The largest absolute Gasteiger partial charge is 0.330 e. The highest BCUT2D eigenvalue weighted by Crippen LogP contribution is 2.29. The molecule has 96 valence electrons. The summed E-state index contributed by atoms with van der Waals surface area (Å²) in [6, 6.07) is 0. The van der Waals surface area contributed by atoms with Crippen LogP contribution in [0, 0.1) is 10.8 Å². The van der Waals surface area contributed by atoms with Crippen LogP contribution in [0.25, 0.3) is 0 Å². The number of hydrogen-bond acceptors (Lipinski definition) is 2. The number of nitrogens with two attached hydrogens (primary N) is 1. The first kappa shape index (κ1) is 14.0. The van der Waals surface area contributed by atoms with Crippen LogP contribution in [0.15, 0.2) is 0 Å². The van der Waals surface area contributed by atoms with Gasteiger partial charge < -0.3 is 10.6 Å². The van der Waals surface area contributed by atoms with Crippen LogP contribution in [0.3, 0.4) is 0 Å². The fourth-order valence-electron chi connectivity index (χ4n) is 2.46. The van der Waals surface area contributed by atoms with Gasteiger partial charge in [0.2, 0.25) is 0 Å². The van der Waals surface area contributed by atoms with Gasteiger partial charge in [0.1, 0.15) is 0 Å². The number of likely N-dealkylation sites (tertiary alicyclic amines) is 1. The molecule has 0 atom stereocenters. The van der Waals surface area contributed by atoms with Gasteiger partial charge in [-0.05, 0) is 49.7 Å². The van der Waals surface area contributed by atoms with Crippen LogP contribution in [-0.4, -0.2) is 31.1 Å². The number of unbranched alkanes of at least 4 members (excludes halogenated alkanes) is 1. The van der Waals surface area contributed by atoms with Crippen molar-refractivity contribution in [2.24, 2.45) is 16.6 Å². The second-order valence-corrected chi connectivity index (χ2v) is 7.02. The van der Waals surface area contributed by atoms with Crippen LogP contribution in [0.5, 0.6) is 0 Å². The van der Waals surface area contributed by atoms with Crippen LogP contribution in [0.1, 0.15) is 53.4 Å². The minimum Gasteiger partial charge on any atom is -0.330 e. The average molecular weight is 226 g/mol. The molecule has 1 fully saturated rings. The van der Waals surface area contributed by atoms with Crippen molar-refractivity contribution in [3.63, 3.8) is 0 Å². The Labute approximate surface area is 102 Å². The molecule has 0 saturated carbocycles. The zero-order chi connectivity index (χ0) is 12.2. The lowest BCUT2D eigenvalue weighted by Crippen LogP contribution is -2.26. The summed E-state index contributed by atoms with van der Waals surface area (Å²) in [7, 11) is 0. The maximum Gasteiger partial charge on any atom is 0.00332 e. The molecule has 2 nitrogen and oxygen atoms in total. The van der Waals surface area contributed by atoms with Crippen molar-refractivity contribution in [1.29, 1.82) is 0 Å². The van der Waals surface area contributed by atoms with Crippen LogP contribution in [0.4, 0.5) is 0 Å². The number of nitrogens with zero attached hydrogens (tertiary/aromatic N) is 1. The molecule has 0 bridgehead atoms. The Hall–Kier alpha value is -0.0800. The molecule has 2 N–H and O–H groups in total. The lowest BCUT2D eigenvalue weighted by molar-refractivity contribution is 0.271. The zero-order valence-corrected chi connectivity index (χ0v) is 11.7. The minimum atomic E-state index is 0.338. The topological polar surface area (TPSA) is 29.3 Å². The molecular weight excluding hydrogens is 196 g/mol. The van der Waals surface area contributed by atoms with Gasteiger partial charge in [-0.3, -0.25) is 0 Å². The SMILES string of the molecule is CC(C)(CN)CCCCN1CCC(C)(C)C1. The van der Waals surface area contributed by atoms with Crippen molar-refractivity contribution in [3.8, 4) is 0 Å². The van der Waals surface area contributed by atoms with Gasteiger partial charge in [0, 0.05) is 6.54 Å². The van der Waals surface area contributed by atoms with Crippen molar-refractivity contribution in [1.82, 2.24) is 4.90 Å². The summed E-state index contributed by atoms with van der Waals surface area (Å²) in [6.45, 7) is 14.0. The molecule has 0 amide bonds. The lowest BCUT2D eigenvalue weighted by Gasteiger charge is -2.23. The van der Waals surface area contributed by atoms with E-state index in [1.165, 1.54) is 45.3 Å². The van der Waals surface area contributed by atoms with E-state index in [1.807, 2.05) is 0 Å². The Bertz CT molecular complexity index is 209. The molecule has 0 aromatic carbocycles. The summed E-state index contributed by atoms with van der Waals surface area (Å²) in [5, 5.41) is 0. The van der Waals surface area contributed by atoms with Gasteiger partial charge in [0.25, 0.3) is 0 Å². The Kier molecular flexibility index (Phi) is 4.81. The molecule has 1 saturated heterocycles. The third-order valence-electron chi connectivity index (χ3n) is 3.89. The van der Waals surface area contributed by atoms with Gasteiger partial charge in [-0.2, -0.15) is 0 Å². The highest BCUT2D eigenvalue weighted by molar-refractivity contribution is 4.82. The normalized spacial score (nSPS) is 21.6. The predicted molar refractivity (Wildman–Crippen MR) is 71.5 cm³/mol. The van der Waals surface area contributed by atoms with Gasteiger partial charge >= 0.3 is 0 Å². The highest BCUT2D eigenvalue weighted by Gasteiger charge is 2.28. The molecule has 0 radical (unpaired) electrons. The molecule has 0 aromatic heterocycles. The summed E-state index contributed by atoms with van der Waals surface area (Å²) in [5.74, 6) is 0. The maximum absolute atomic E-state index is 5.74. The molecule has 1 heterocycles. The highest BCUT2D eigenvalue weighted by atomic mass is 15.1. The van der Waals surface area contributed by atoms with E-state index in [9.17, 15) is 0 Å². The monoisotopic (exact) mass is 226 g/mol. The first-order chi connectivity index (χ1) is 7.35. The second kappa shape index (κ2) is 5.50. The molecule has 0 unspecified atom stereocenters. The van der Waals surface area contributed by atoms with Crippen LogP contribution in [0.2, 0.25) is 0 Å². The fourth-order valence-corrected chi connectivity index (χ4v) is 2.46. The van der Waals surface area contributed by atoms with Gasteiger partial charge in [-0.25, -0.2) is 0 Å². The summed E-state index contributed by atoms with van der Waals surface area (Å²) in [4.78, 5) is 2.62. The molecule has 1 rings (SSSR count). The van der Waals surface area contributed by atoms with E-state index < -0.39 is 0 Å². The van der Waals surface area contributed by atoms with E-state index in [-0.39, 0.29) is 0 Å². The van der Waals surface area contributed by atoms with Gasteiger partial charge in [-0.1, -0.05) is 34.1 Å². The van der Waals surface area contributed by atoms with Crippen molar-refractivity contribution >= 4 is 0 Å². The second-order valence-electron chi connectivity index (χ2n) is 7.02. The molecular formula is C14H30N2.